The van der Waals surface area contributed by atoms with Crippen LogP contribution in [0.15, 0.2) is 18.2 Å². The molecule has 0 N–H and O–H groups in total. The molecule has 0 saturated carbocycles. The average Bonchev–Trinajstić information content (AvgIpc) is 2.56. The summed E-state index contributed by atoms with van der Waals surface area (Å²) < 4.78 is 20.6. The van der Waals surface area contributed by atoms with Crippen molar-refractivity contribution in [3.05, 3.63) is 29.6 Å². The summed E-state index contributed by atoms with van der Waals surface area (Å²) in [5, 5.41) is 0. The minimum Gasteiger partial charge on any atom is -1.00 e. The molecule has 24 heavy (non-hydrogen) atoms. The van der Waals surface area contributed by atoms with E-state index in [0.29, 0.717) is 12.4 Å². The summed E-state index contributed by atoms with van der Waals surface area (Å²) in [6, 6.07) is 5.14. The Hall–Kier alpha value is -0.650. The van der Waals surface area contributed by atoms with Crippen LogP contribution in [0.25, 0.3) is 0 Å². The number of halogens is 2. The van der Waals surface area contributed by atoms with Crippen LogP contribution in [0.5, 0.6) is 5.75 Å². The first kappa shape index (κ1) is 23.4. The smallest absolute Gasteiger partial charge is 0.165 e. The van der Waals surface area contributed by atoms with Gasteiger partial charge in [0.25, 0.3) is 0 Å². The highest BCUT2D eigenvalue weighted by molar-refractivity contribution is 5.28. The van der Waals surface area contributed by atoms with Crippen LogP contribution in [0.2, 0.25) is 0 Å². The van der Waals surface area contributed by atoms with Crippen molar-refractivity contribution in [2.75, 3.05) is 52.4 Å². The summed E-state index contributed by atoms with van der Waals surface area (Å²) in [6.45, 7) is 18.8. The molecule has 140 valence electrons. The summed E-state index contributed by atoms with van der Waals surface area (Å²) in [5.41, 5.74) is 0.918. The highest BCUT2D eigenvalue weighted by atomic mass is 79.9. The maximum absolute atomic E-state index is 13.8. The summed E-state index contributed by atoms with van der Waals surface area (Å²) >= 11 is 0. The van der Waals surface area contributed by atoms with Gasteiger partial charge in [0, 0.05) is 6.54 Å². The molecule has 0 amide bonds. The van der Waals surface area contributed by atoms with Crippen LogP contribution in [-0.2, 0) is 0 Å². The first-order valence-corrected chi connectivity index (χ1v) is 8.96. The van der Waals surface area contributed by atoms with Gasteiger partial charge < -0.3 is 26.2 Å². The van der Waals surface area contributed by atoms with E-state index >= 15 is 0 Å². The van der Waals surface area contributed by atoms with Crippen molar-refractivity contribution in [1.82, 2.24) is 4.90 Å². The predicted molar refractivity (Wildman–Crippen MR) is 95.5 cm³/mol. The molecule has 1 aromatic rings. The summed E-state index contributed by atoms with van der Waals surface area (Å²) in [7, 11) is 0. The Balaban J connectivity index is 0.00000529. The normalized spacial score (nSPS) is 11.5. The molecule has 1 rings (SSSR count). The van der Waals surface area contributed by atoms with E-state index < -0.39 is 0 Å². The van der Waals surface area contributed by atoms with Crippen molar-refractivity contribution in [1.29, 1.82) is 0 Å². The molecule has 0 bridgehead atoms. The Morgan fingerprint density at radius 1 is 1.04 bits per heavy atom. The molecular weight excluding hydrogens is 371 g/mol. The van der Waals surface area contributed by atoms with Gasteiger partial charge in [0.05, 0.1) is 19.6 Å². The lowest BCUT2D eigenvalue weighted by atomic mass is 10.2. The molecule has 0 aliphatic carbocycles. The van der Waals surface area contributed by atoms with Gasteiger partial charge in [0.15, 0.2) is 11.6 Å². The molecule has 0 fully saturated rings. The van der Waals surface area contributed by atoms with Crippen molar-refractivity contribution in [2.45, 2.75) is 34.6 Å². The van der Waals surface area contributed by atoms with Crippen molar-refractivity contribution in [3.63, 3.8) is 0 Å². The van der Waals surface area contributed by atoms with E-state index in [2.05, 4.69) is 32.6 Å². The SMILES string of the molecule is CCN(CC)CC[N+](CC)(CC)CCOc1ccc(C)cc1F.[Br-]. The molecule has 0 aromatic heterocycles. The van der Waals surface area contributed by atoms with Gasteiger partial charge in [-0.1, -0.05) is 19.9 Å². The molecule has 0 unspecified atom stereocenters. The van der Waals surface area contributed by atoms with E-state index in [1.165, 1.54) is 6.07 Å². The van der Waals surface area contributed by atoms with Gasteiger partial charge in [0.2, 0.25) is 0 Å². The number of quaternary nitrogens is 1. The number of likely N-dealkylation sites (N-methyl/N-ethyl adjacent to an activating group) is 2. The Bertz CT molecular complexity index is 463. The van der Waals surface area contributed by atoms with Crippen LogP contribution >= 0.6 is 0 Å². The minimum atomic E-state index is -0.265. The standard InChI is InChI=1S/C19H34FN2O.BrH/c1-6-21(7-2)12-13-22(8-3,9-4)14-15-23-19-11-10-17(5)16-18(19)20;/h10-11,16H,6-9,12-15H2,1-5H3;1H/q+1;/p-1. The number of benzene rings is 1. The molecule has 0 spiro atoms. The first-order chi connectivity index (χ1) is 11.0. The largest absolute Gasteiger partial charge is 1.00 e. The molecule has 0 saturated heterocycles. The van der Waals surface area contributed by atoms with Gasteiger partial charge in [-0.3, -0.25) is 4.90 Å². The second-order valence-corrected chi connectivity index (χ2v) is 6.23. The minimum absolute atomic E-state index is 0. The maximum Gasteiger partial charge on any atom is 0.165 e. The molecule has 0 radical (unpaired) electrons. The molecule has 0 atom stereocenters. The maximum atomic E-state index is 13.8. The predicted octanol–water partition coefficient (Wildman–Crippen LogP) is 0.715. The monoisotopic (exact) mass is 404 g/mol. The number of rotatable bonds is 11. The zero-order chi connectivity index (χ0) is 17.3. The lowest BCUT2D eigenvalue weighted by Gasteiger charge is -2.38. The Morgan fingerprint density at radius 2 is 1.67 bits per heavy atom. The number of hydrogen-bond donors (Lipinski definition) is 0. The average molecular weight is 405 g/mol. The van der Waals surface area contributed by atoms with Crippen LogP contribution in [0.4, 0.5) is 4.39 Å². The Labute approximate surface area is 158 Å². The number of nitrogens with zero attached hydrogens (tertiary/aromatic N) is 2. The highest BCUT2D eigenvalue weighted by Gasteiger charge is 2.24. The fourth-order valence-electron chi connectivity index (χ4n) is 2.93. The summed E-state index contributed by atoms with van der Waals surface area (Å²) in [6.07, 6.45) is 0. The number of aryl methyl sites for hydroxylation is 1. The second-order valence-electron chi connectivity index (χ2n) is 6.23. The van der Waals surface area contributed by atoms with E-state index in [0.717, 1.165) is 55.9 Å². The Kier molecular flexibility index (Phi) is 11.5. The Morgan fingerprint density at radius 3 is 2.17 bits per heavy atom. The fraction of sp³-hybridized carbons (Fsp3) is 0.684. The van der Waals surface area contributed by atoms with Gasteiger partial charge in [-0.25, -0.2) is 4.39 Å². The van der Waals surface area contributed by atoms with Gasteiger partial charge >= 0.3 is 0 Å². The van der Waals surface area contributed by atoms with E-state index in [-0.39, 0.29) is 22.8 Å². The van der Waals surface area contributed by atoms with Gasteiger partial charge in [-0.2, -0.15) is 0 Å². The third-order valence-electron chi connectivity index (χ3n) is 5.04. The number of hydrogen-bond acceptors (Lipinski definition) is 2. The van der Waals surface area contributed by atoms with Gasteiger partial charge in [0.1, 0.15) is 13.2 Å². The lowest BCUT2D eigenvalue weighted by molar-refractivity contribution is -0.924. The topological polar surface area (TPSA) is 12.5 Å². The van der Waals surface area contributed by atoms with E-state index in [1.54, 1.807) is 6.07 Å². The van der Waals surface area contributed by atoms with Crippen LogP contribution in [-0.4, -0.2) is 61.8 Å². The fourth-order valence-corrected chi connectivity index (χ4v) is 2.93. The number of ether oxygens (including phenoxy) is 1. The van der Waals surface area contributed by atoms with Crippen LogP contribution in [0.1, 0.15) is 33.3 Å². The molecule has 5 heteroatoms. The molecular formula is C19H34BrFN2O. The van der Waals surface area contributed by atoms with E-state index in [9.17, 15) is 4.39 Å². The van der Waals surface area contributed by atoms with E-state index in [1.807, 2.05) is 13.0 Å². The van der Waals surface area contributed by atoms with Crippen molar-refractivity contribution in [3.8, 4) is 5.75 Å². The molecule has 0 aliphatic heterocycles. The highest BCUT2D eigenvalue weighted by Crippen LogP contribution is 2.18. The quantitative estimate of drug-likeness (QED) is 0.503. The third-order valence-corrected chi connectivity index (χ3v) is 5.04. The third kappa shape index (κ3) is 7.08. The molecule has 3 nitrogen and oxygen atoms in total. The summed E-state index contributed by atoms with van der Waals surface area (Å²) in [5.74, 6) is 0.101. The van der Waals surface area contributed by atoms with E-state index in [4.69, 9.17) is 4.74 Å². The van der Waals surface area contributed by atoms with Gasteiger partial charge in [-0.15, -0.1) is 0 Å². The van der Waals surface area contributed by atoms with Gasteiger partial charge in [-0.05, 0) is 51.6 Å². The van der Waals surface area contributed by atoms with Crippen LogP contribution < -0.4 is 21.7 Å². The van der Waals surface area contributed by atoms with Crippen LogP contribution in [0, 0.1) is 12.7 Å². The second kappa shape index (κ2) is 11.8. The van der Waals surface area contributed by atoms with Crippen LogP contribution in [0.3, 0.4) is 0 Å². The molecule has 1 aromatic carbocycles. The lowest BCUT2D eigenvalue weighted by Crippen LogP contribution is -3.00. The summed E-state index contributed by atoms with van der Waals surface area (Å²) in [4.78, 5) is 2.46. The van der Waals surface area contributed by atoms with Crippen molar-refractivity contribution >= 4 is 0 Å². The van der Waals surface area contributed by atoms with Crippen molar-refractivity contribution in [2.24, 2.45) is 0 Å². The zero-order valence-electron chi connectivity index (χ0n) is 15.9. The zero-order valence-corrected chi connectivity index (χ0v) is 17.5. The molecule has 0 aliphatic rings. The van der Waals surface area contributed by atoms with Crippen molar-refractivity contribution < 1.29 is 30.6 Å². The first-order valence-electron chi connectivity index (χ1n) is 8.96. The molecule has 0 heterocycles.